The number of aryl methyl sites for hydroxylation is 2. The third-order valence-electron chi connectivity index (χ3n) is 4.53. The average Bonchev–Trinajstić information content (AvgIpc) is 3.15. The molecule has 6 nitrogen and oxygen atoms in total. The summed E-state index contributed by atoms with van der Waals surface area (Å²) in [6.07, 6.45) is 5.96. The van der Waals surface area contributed by atoms with E-state index < -0.39 is 0 Å². The van der Waals surface area contributed by atoms with Crippen molar-refractivity contribution < 1.29 is 9.53 Å². The Bertz CT molecular complexity index is 826. The van der Waals surface area contributed by atoms with Gasteiger partial charge in [-0.1, -0.05) is 0 Å². The summed E-state index contributed by atoms with van der Waals surface area (Å²) >= 11 is 7.08. The molecule has 2 aromatic rings. The molecule has 0 aromatic carbocycles. The lowest BCUT2D eigenvalue weighted by Gasteiger charge is -2.13. The van der Waals surface area contributed by atoms with Gasteiger partial charge in [0.15, 0.2) is 5.11 Å². The second-order valence-electron chi connectivity index (χ2n) is 6.17. The average molecular weight is 393 g/mol. The van der Waals surface area contributed by atoms with Gasteiger partial charge in [-0.15, -0.1) is 11.3 Å². The molecule has 26 heavy (non-hydrogen) atoms. The van der Waals surface area contributed by atoms with Crippen LogP contribution in [0.3, 0.4) is 0 Å². The maximum absolute atomic E-state index is 12.5. The standard InChI is InChI=1S/C18H24N4O2S2/c1-4-22-11(3)13(10-19-22)20-18(25)21-16-15(17(23)24-5-2)12-8-6-7-9-14(12)26-16/h10H,4-9H2,1-3H3,(H2,20,21,25). The molecule has 0 atom stereocenters. The summed E-state index contributed by atoms with van der Waals surface area (Å²) in [5, 5.41) is 11.9. The van der Waals surface area contributed by atoms with Crippen LogP contribution in [0.4, 0.5) is 10.7 Å². The molecule has 3 rings (SSSR count). The van der Waals surface area contributed by atoms with E-state index in [0.29, 0.717) is 17.3 Å². The maximum atomic E-state index is 12.5. The third kappa shape index (κ3) is 3.76. The molecule has 0 spiro atoms. The maximum Gasteiger partial charge on any atom is 0.341 e. The summed E-state index contributed by atoms with van der Waals surface area (Å²) in [6.45, 7) is 7.03. The number of aromatic nitrogens is 2. The minimum absolute atomic E-state index is 0.271. The van der Waals surface area contributed by atoms with Gasteiger partial charge in [0.05, 0.1) is 29.7 Å². The minimum atomic E-state index is -0.271. The normalized spacial score (nSPS) is 13.2. The molecular weight excluding hydrogens is 368 g/mol. The van der Waals surface area contributed by atoms with E-state index in [0.717, 1.165) is 54.2 Å². The molecule has 2 aromatic heterocycles. The Morgan fingerprint density at radius 1 is 1.35 bits per heavy atom. The van der Waals surface area contributed by atoms with Gasteiger partial charge in [-0.25, -0.2) is 4.79 Å². The predicted octanol–water partition coefficient (Wildman–Crippen LogP) is 4.14. The van der Waals surface area contributed by atoms with Crippen molar-refractivity contribution in [3.05, 3.63) is 27.9 Å². The summed E-state index contributed by atoms with van der Waals surface area (Å²) in [5.41, 5.74) is 3.66. The van der Waals surface area contributed by atoms with Crippen molar-refractivity contribution >= 4 is 45.3 Å². The molecule has 1 aliphatic rings. The minimum Gasteiger partial charge on any atom is -0.462 e. The van der Waals surface area contributed by atoms with E-state index in [1.165, 1.54) is 4.88 Å². The summed E-state index contributed by atoms with van der Waals surface area (Å²) in [7, 11) is 0. The van der Waals surface area contributed by atoms with E-state index in [1.54, 1.807) is 17.5 Å². The predicted molar refractivity (Wildman–Crippen MR) is 109 cm³/mol. The quantitative estimate of drug-likeness (QED) is 0.589. The number of carbonyl (C=O) groups excluding carboxylic acids is 1. The number of anilines is 2. The van der Waals surface area contributed by atoms with Crippen molar-refractivity contribution in [1.29, 1.82) is 0 Å². The second-order valence-corrected chi connectivity index (χ2v) is 7.69. The molecule has 2 heterocycles. The zero-order chi connectivity index (χ0) is 18.7. The van der Waals surface area contributed by atoms with Crippen LogP contribution in [-0.2, 0) is 24.1 Å². The number of hydrogen-bond donors (Lipinski definition) is 2. The number of hydrogen-bond acceptors (Lipinski definition) is 5. The highest BCUT2D eigenvalue weighted by molar-refractivity contribution is 7.80. The van der Waals surface area contributed by atoms with E-state index in [1.807, 2.05) is 25.5 Å². The van der Waals surface area contributed by atoms with E-state index in [2.05, 4.69) is 15.7 Å². The molecule has 0 radical (unpaired) electrons. The third-order valence-corrected chi connectivity index (χ3v) is 5.94. The van der Waals surface area contributed by atoms with E-state index >= 15 is 0 Å². The highest BCUT2D eigenvalue weighted by Crippen LogP contribution is 2.38. The van der Waals surface area contributed by atoms with E-state index in [4.69, 9.17) is 17.0 Å². The van der Waals surface area contributed by atoms with Crippen LogP contribution < -0.4 is 10.6 Å². The molecule has 140 valence electrons. The van der Waals surface area contributed by atoms with E-state index in [9.17, 15) is 4.79 Å². The number of esters is 1. The van der Waals surface area contributed by atoms with Gasteiger partial charge >= 0.3 is 5.97 Å². The number of nitrogens with zero attached hydrogens (tertiary/aromatic N) is 2. The fraction of sp³-hybridized carbons (Fsp3) is 0.500. The fourth-order valence-electron chi connectivity index (χ4n) is 3.22. The van der Waals surface area contributed by atoms with Gasteiger partial charge in [0.1, 0.15) is 5.00 Å². The largest absolute Gasteiger partial charge is 0.462 e. The monoisotopic (exact) mass is 392 g/mol. The van der Waals surface area contributed by atoms with Gasteiger partial charge in [-0.2, -0.15) is 5.10 Å². The fourth-order valence-corrected chi connectivity index (χ4v) is 4.78. The molecule has 0 bridgehead atoms. The van der Waals surface area contributed by atoms with E-state index in [-0.39, 0.29) is 5.97 Å². The number of nitrogens with one attached hydrogen (secondary N) is 2. The summed E-state index contributed by atoms with van der Waals surface area (Å²) in [4.78, 5) is 13.8. The number of thiocarbonyl (C=S) groups is 1. The molecule has 0 saturated heterocycles. The van der Waals surface area contributed by atoms with Crippen LogP contribution in [0.1, 0.15) is 53.2 Å². The number of rotatable bonds is 5. The highest BCUT2D eigenvalue weighted by atomic mass is 32.1. The molecule has 0 saturated carbocycles. The first-order valence-corrected chi connectivity index (χ1v) is 10.2. The number of carbonyl (C=O) groups is 1. The lowest BCUT2D eigenvalue weighted by molar-refractivity contribution is 0.0526. The van der Waals surface area contributed by atoms with Crippen molar-refractivity contribution in [2.24, 2.45) is 0 Å². The van der Waals surface area contributed by atoms with Crippen LogP contribution in [0.2, 0.25) is 0 Å². The number of fused-ring (bicyclic) bond motifs is 1. The van der Waals surface area contributed by atoms with Gasteiger partial charge in [0, 0.05) is 11.4 Å². The SMILES string of the molecule is CCOC(=O)c1c(NC(=S)Nc2cnn(CC)c2C)sc2c1CCCC2. The Hall–Kier alpha value is -1.93. The summed E-state index contributed by atoms with van der Waals surface area (Å²) in [5.74, 6) is -0.271. The van der Waals surface area contributed by atoms with Crippen LogP contribution in [0.5, 0.6) is 0 Å². The first kappa shape index (κ1) is 18.8. The molecular formula is C18H24N4O2S2. The van der Waals surface area contributed by atoms with Crippen LogP contribution in [0.25, 0.3) is 0 Å². The van der Waals surface area contributed by atoms with Crippen LogP contribution in [-0.4, -0.2) is 27.5 Å². The van der Waals surface area contributed by atoms with Crippen LogP contribution in [0, 0.1) is 6.92 Å². The summed E-state index contributed by atoms with van der Waals surface area (Å²) in [6, 6.07) is 0. The topological polar surface area (TPSA) is 68.2 Å². The number of ether oxygens (including phenoxy) is 1. The van der Waals surface area contributed by atoms with Crippen molar-refractivity contribution in [2.75, 3.05) is 17.2 Å². The van der Waals surface area contributed by atoms with Crippen molar-refractivity contribution in [2.45, 2.75) is 53.0 Å². The Morgan fingerprint density at radius 2 is 2.12 bits per heavy atom. The molecule has 1 aliphatic carbocycles. The highest BCUT2D eigenvalue weighted by Gasteiger charge is 2.26. The molecule has 0 fully saturated rings. The second kappa shape index (κ2) is 8.18. The van der Waals surface area contributed by atoms with Crippen LogP contribution in [0.15, 0.2) is 6.20 Å². The van der Waals surface area contributed by atoms with Crippen molar-refractivity contribution in [1.82, 2.24) is 9.78 Å². The Labute approximate surface area is 162 Å². The van der Waals surface area contributed by atoms with Gasteiger partial charge < -0.3 is 15.4 Å². The summed E-state index contributed by atoms with van der Waals surface area (Å²) < 4.78 is 7.18. The van der Waals surface area contributed by atoms with Crippen LogP contribution >= 0.6 is 23.6 Å². The van der Waals surface area contributed by atoms with Crippen molar-refractivity contribution in [3.8, 4) is 0 Å². The molecule has 0 amide bonds. The van der Waals surface area contributed by atoms with Gasteiger partial charge in [0.2, 0.25) is 0 Å². The Balaban J connectivity index is 1.82. The molecule has 2 N–H and O–H groups in total. The first-order valence-electron chi connectivity index (χ1n) is 8.97. The first-order chi connectivity index (χ1) is 12.5. The molecule has 8 heteroatoms. The lowest BCUT2D eigenvalue weighted by Crippen LogP contribution is -2.21. The van der Waals surface area contributed by atoms with Gasteiger partial charge in [-0.3, -0.25) is 4.68 Å². The Morgan fingerprint density at radius 3 is 2.81 bits per heavy atom. The zero-order valence-corrected chi connectivity index (χ0v) is 17.0. The Kier molecular flexibility index (Phi) is 5.93. The smallest absolute Gasteiger partial charge is 0.341 e. The number of thiophene rings is 1. The molecule has 0 aliphatic heterocycles. The van der Waals surface area contributed by atoms with Gasteiger partial charge in [-0.05, 0) is 64.2 Å². The molecule has 0 unspecified atom stereocenters. The van der Waals surface area contributed by atoms with Crippen molar-refractivity contribution in [3.63, 3.8) is 0 Å². The zero-order valence-electron chi connectivity index (χ0n) is 15.3. The lowest BCUT2D eigenvalue weighted by atomic mass is 9.95. The van der Waals surface area contributed by atoms with Gasteiger partial charge in [0.25, 0.3) is 0 Å².